The topological polar surface area (TPSA) is 150 Å². The van der Waals surface area contributed by atoms with Crippen LogP contribution in [-0.4, -0.2) is 29.7 Å². The van der Waals surface area contributed by atoms with Crippen molar-refractivity contribution in [3.63, 3.8) is 0 Å². The molecule has 0 fully saturated rings. The van der Waals surface area contributed by atoms with E-state index in [1.165, 1.54) is 24.3 Å². The summed E-state index contributed by atoms with van der Waals surface area (Å²) in [7, 11) is -3.75. The third kappa shape index (κ3) is 6.23. The van der Waals surface area contributed by atoms with Crippen LogP contribution >= 0.6 is 0 Å². The van der Waals surface area contributed by atoms with Crippen molar-refractivity contribution >= 4 is 21.7 Å². The Morgan fingerprint density at radius 3 is 2.00 bits per heavy atom. The number of nitrogens with one attached hydrogen (secondary N) is 1. The van der Waals surface area contributed by atoms with Gasteiger partial charge in [-0.2, -0.15) is 0 Å². The predicted octanol–water partition coefficient (Wildman–Crippen LogP) is 2.74. The number of benzene rings is 3. The lowest BCUT2D eigenvalue weighted by Gasteiger charge is -2.09. The van der Waals surface area contributed by atoms with E-state index in [2.05, 4.69) is 4.72 Å². The van der Waals surface area contributed by atoms with Crippen molar-refractivity contribution in [2.45, 2.75) is 11.4 Å². The first kappa shape index (κ1) is 21.7. The van der Waals surface area contributed by atoms with E-state index in [0.717, 1.165) is 11.6 Å². The van der Waals surface area contributed by atoms with E-state index in [1.807, 2.05) is 0 Å². The molecular weight excluding hydrogens is 396 g/mol. The molecule has 0 aromatic heterocycles. The smallest absolute Gasteiger partial charge is 0.335 e. The largest absolute Gasteiger partial charge is 0.504 e. The van der Waals surface area contributed by atoms with Gasteiger partial charge in [0.25, 0.3) is 10.0 Å². The van der Waals surface area contributed by atoms with Crippen LogP contribution in [-0.2, 0) is 16.6 Å². The zero-order valence-corrected chi connectivity index (χ0v) is 16.0. The maximum atomic E-state index is 12.1. The van der Waals surface area contributed by atoms with Gasteiger partial charge in [0.05, 0.1) is 16.1 Å². The molecule has 0 radical (unpaired) electrons. The van der Waals surface area contributed by atoms with Gasteiger partial charge in [-0.1, -0.05) is 30.3 Å². The van der Waals surface area contributed by atoms with Crippen LogP contribution in [0.25, 0.3) is 0 Å². The monoisotopic (exact) mass is 416 g/mol. The van der Waals surface area contributed by atoms with Gasteiger partial charge in [0.15, 0.2) is 11.5 Å². The van der Waals surface area contributed by atoms with Gasteiger partial charge in [0.1, 0.15) is 0 Å². The molecule has 3 aromatic rings. The van der Waals surface area contributed by atoms with Crippen LogP contribution in [0.15, 0.2) is 77.7 Å². The van der Waals surface area contributed by atoms with Crippen molar-refractivity contribution in [3.8, 4) is 11.5 Å². The van der Waals surface area contributed by atoms with Gasteiger partial charge in [-0.05, 0) is 42.0 Å². The average Bonchev–Trinajstić information content (AvgIpc) is 2.72. The summed E-state index contributed by atoms with van der Waals surface area (Å²) in [6, 6.07) is 18.1. The lowest BCUT2D eigenvalue weighted by Crippen LogP contribution is -2.13. The van der Waals surface area contributed by atoms with Crippen molar-refractivity contribution in [3.05, 3.63) is 83.9 Å². The number of aromatic hydroxyl groups is 2. The number of sulfonamides is 1. The van der Waals surface area contributed by atoms with Gasteiger partial charge >= 0.3 is 5.97 Å². The molecule has 3 aromatic carbocycles. The maximum absolute atomic E-state index is 12.1. The number of rotatable bonds is 5. The Kier molecular flexibility index (Phi) is 7.18. The molecule has 0 aliphatic carbocycles. The summed E-state index contributed by atoms with van der Waals surface area (Å²) in [6.07, 6.45) is 0. The van der Waals surface area contributed by atoms with E-state index >= 15 is 0 Å². The highest BCUT2D eigenvalue weighted by Crippen LogP contribution is 2.28. The summed E-state index contributed by atoms with van der Waals surface area (Å²) in [6.45, 7) is 0.333. The molecule has 0 unspecified atom stereocenters. The Hall–Kier alpha value is -3.56. The molecule has 6 N–H and O–H groups in total. The molecule has 0 saturated carbocycles. The molecule has 0 amide bonds. The molecule has 8 nitrogen and oxygen atoms in total. The fourth-order valence-corrected chi connectivity index (χ4v) is 3.24. The third-order valence-corrected chi connectivity index (χ3v) is 5.11. The minimum Gasteiger partial charge on any atom is -0.504 e. The highest BCUT2D eigenvalue weighted by atomic mass is 32.2. The number of phenols is 2. The number of carboxylic acids is 1. The molecular formula is C20H20N2O6S. The first-order valence-electron chi connectivity index (χ1n) is 8.35. The van der Waals surface area contributed by atoms with Gasteiger partial charge < -0.3 is 21.1 Å². The SMILES string of the molecule is NCc1ccc(S(=O)(=O)Nc2ccc(O)c(O)c2)cc1.O=C(O)c1ccccc1. The Balaban J connectivity index is 0.000000278. The molecule has 0 atom stereocenters. The number of carboxylic acid groups (broad SMARTS) is 1. The van der Waals surface area contributed by atoms with Gasteiger partial charge in [-0.15, -0.1) is 0 Å². The number of nitrogens with two attached hydrogens (primary N) is 1. The molecule has 0 saturated heterocycles. The summed E-state index contributed by atoms with van der Waals surface area (Å²) in [5.41, 5.74) is 6.76. The van der Waals surface area contributed by atoms with Gasteiger partial charge in [0.2, 0.25) is 0 Å². The Morgan fingerprint density at radius 1 is 0.897 bits per heavy atom. The quantitative estimate of drug-likeness (QED) is 0.317. The van der Waals surface area contributed by atoms with E-state index in [-0.39, 0.29) is 16.3 Å². The molecule has 29 heavy (non-hydrogen) atoms. The van der Waals surface area contributed by atoms with Gasteiger partial charge in [0, 0.05) is 12.6 Å². The summed E-state index contributed by atoms with van der Waals surface area (Å²) in [4.78, 5) is 10.3. The highest BCUT2D eigenvalue weighted by Gasteiger charge is 2.14. The molecule has 0 spiro atoms. The molecule has 9 heteroatoms. The zero-order valence-electron chi connectivity index (χ0n) is 15.2. The lowest BCUT2D eigenvalue weighted by molar-refractivity contribution is 0.0697. The second kappa shape index (κ2) is 9.58. The van der Waals surface area contributed by atoms with Crippen molar-refractivity contribution in [2.75, 3.05) is 4.72 Å². The maximum Gasteiger partial charge on any atom is 0.335 e. The van der Waals surface area contributed by atoms with Crippen LogP contribution in [0.2, 0.25) is 0 Å². The molecule has 0 aliphatic rings. The molecule has 0 bridgehead atoms. The van der Waals surface area contributed by atoms with Crippen LogP contribution in [0.1, 0.15) is 15.9 Å². The third-order valence-electron chi connectivity index (χ3n) is 3.72. The van der Waals surface area contributed by atoms with Crippen LogP contribution in [0.3, 0.4) is 0 Å². The van der Waals surface area contributed by atoms with Crippen LogP contribution in [0, 0.1) is 0 Å². The highest BCUT2D eigenvalue weighted by molar-refractivity contribution is 7.92. The van der Waals surface area contributed by atoms with E-state index in [9.17, 15) is 23.4 Å². The van der Waals surface area contributed by atoms with Crippen molar-refractivity contribution in [1.29, 1.82) is 0 Å². The van der Waals surface area contributed by atoms with E-state index in [1.54, 1.807) is 42.5 Å². The number of carbonyl (C=O) groups is 1. The van der Waals surface area contributed by atoms with E-state index in [4.69, 9.17) is 10.8 Å². The number of hydrogen-bond acceptors (Lipinski definition) is 6. The Morgan fingerprint density at radius 2 is 1.52 bits per heavy atom. The molecule has 3 rings (SSSR count). The summed E-state index contributed by atoms with van der Waals surface area (Å²) in [5.74, 6) is -1.60. The molecule has 152 valence electrons. The van der Waals surface area contributed by atoms with Crippen LogP contribution in [0.4, 0.5) is 5.69 Å². The fraction of sp³-hybridized carbons (Fsp3) is 0.0500. The molecule has 0 heterocycles. The fourth-order valence-electron chi connectivity index (χ4n) is 2.19. The average molecular weight is 416 g/mol. The normalized spacial score (nSPS) is 10.5. The van der Waals surface area contributed by atoms with Crippen molar-refractivity contribution in [1.82, 2.24) is 0 Å². The standard InChI is InChI=1S/C13H14N2O4S.C7H6O2/c14-8-9-1-4-11(5-2-9)20(18,19)15-10-3-6-12(16)13(17)7-10;8-7(9)6-4-2-1-3-5-6/h1-7,15-17H,8,14H2;1-5H,(H,8,9). The van der Waals surface area contributed by atoms with Crippen LogP contribution < -0.4 is 10.5 Å². The Labute approximate surface area is 167 Å². The van der Waals surface area contributed by atoms with Gasteiger partial charge in [-0.3, -0.25) is 4.72 Å². The summed E-state index contributed by atoms with van der Waals surface area (Å²) < 4.78 is 26.5. The van der Waals surface area contributed by atoms with Gasteiger partial charge in [-0.25, -0.2) is 13.2 Å². The first-order valence-corrected chi connectivity index (χ1v) is 9.83. The number of hydrogen-bond donors (Lipinski definition) is 5. The number of anilines is 1. The summed E-state index contributed by atoms with van der Waals surface area (Å²) >= 11 is 0. The minimum absolute atomic E-state index is 0.0854. The minimum atomic E-state index is -3.75. The van der Waals surface area contributed by atoms with E-state index in [0.29, 0.717) is 12.1 Å². The Bertz CT molecular complexity index is 1070. The lowest BCUT2D eigenvalue weighted by atomic mass is 10.2. The predicted molar refractivity (Wildman–Crippen MR) is 108 cm³/mol. The first-order chi connectivity index (χ1) is 13.7. The number of aromatic carboxylic acids is 1. The second-order valence-corrected chi connectivity index (χ2v) is 7.51. The zero-order chi connectivity index (χ0) is 21.4. The summed E-state index contributed by atoms with van der Waals surface area (Å²) in [5, 5.41) is 26.9. The van der Waals surface area contributed by atoms with Crippen molar-refractivity contribution in [2.24, 2.45) is 5.73 Å². The van der Waals surface area contributed by atoms with Crippen LogP contribution in [0.5, 0.6) is 11.5 Å². The van der Waals surface area contributed by atoms with E-state index < -0.39 is 21.7 Å². The second-order valence-electron chi connectivity index (χ2n) is 5.83. The number of phenolic OH excluding ortho intramolecular Hbond substituents is 2. The molecule has 0 aliphatic heterocycles. The van der Waals surface area contributed by atoms with Crippen molar-refractivity contribution < 1.29 is 28.5 Å².